The van der Waals surface area contributed by atoms with Crippen LogP contribution in [0.1, 0.15) is 23.0 Å². The molecule has 0 spiro atoms. The van der Waals surface area contributed by atoms with E-state index >= 15 is 0 Å². The molecule has 0 radical (unpaired) electrons. The van der Waals surface area contributed by atoms with Gasteiger partial charge in [0.1, 0.15) is 10.0 Å². The van der Waals surface area contributed by atoms with E-state index in [1.165, 1.54) is 5.75 Å². The number of nitrogens with one attached hydrogen (secondary N) is 1. The lowest BCUT2D eigenvalue weighted by molar-refractivity contribution is 0.586. The fraction of sp³-hybridized carbons (Fsp3) is 0.750. The Morgan fingerprint density at radius 2 is 2.46 bits per heavy atom. The van der Waals surface area contributed by atoms with Gasteiger partial charge in [-0.3, -0.25) is 0 Å². The molecule has 0 amide bonds. The van der Waals surface area contributed by atoms with Crippen molar-refractivity contribution in [3.05, 3.63) is 10.0 Å². The summed E-state index contributed by atoms with van der Waals surface area (Å²) in [6, 6.07) is 0.441. The summed E-state index contributed by atoms with van der Waals surface area (Å²) in [7, 11) is 0. The van der Waals surface area contributed by atoms with Crippen molar-refractivity contribution in [3.63, 3.8) is 0 Å². The SMILES string of the molecule is CCc1nnc(C2CSCCN2)s1. The summed E-state index contributed by atoms with van der Waals surface area (Å²) in [6.07, 6.45) is 0.998. The maximum Gasteiger partial charge on any atom is 0.135 e. The fourth-order valence-electron chi connectivity index (χ4n) is 1.27. The molecule has 1 atom stereocenters. The summed E-state index contributed by atoms with van der Waals surface area (Å²) in [5.41, 5.74) is 0. The van der Waals surface area contributed by atoms with Crippen LogP contribution in [0.15, 0.2) is 0 Å². The normalized spacial score (nSPS) is 23.3. The van der Waals surface area contributed by atoms with Crippen molar-refractivity contribution >= 4 is 23.1 Å². The number of aryl methyl sites for hydroxylation is 1. The highest BCUT2D eigenvalue weighted by molar-refractivity contribution is 7.99. The van der Waals surface area contributed by atoms with Crippen LogP contribution < -0.4 is 5.32 Å². The molecule has 2 rings (SSSR count). The van der Waals surface area contributed by atoms with Crippen LogP contribution in [0.25, 0.3) is 0 Å². The molecule has 5 heteroatoms. The highest BCUT2D eigenvalue weighted by atomic mass is 32.2. The van der Waals surface area contributed by atoms with Crippen molar-refractivity contribution in [2.24, 2.45) is 0 Å². The average Bonchev–Trinajstić information content (AvgIpc) is 2.67. The summed E-state index contributed by atoms with van der Waals surface area (Å²) in [5.74, 6) is 2.36. The van der Waals surface area contributed by atoms with E-state index in [-0.39, 0.29) is 0 Å². The van der Waals surface area contributed by atoms with Gasteiger partial charge in [0.2, 0.25) is 0 Å². The second-order valence-corrected chi connectivity index (χ2v) is 5.21. The minimum atomic E-state index is 0.441. The molecule has 2 heterocycles. The van der Waals surface area contributed by atoms with E-state index < -0.39 is 0 Å². The lowest BCUT2D eigenvalue weighted by Gasteiger charge is -2.20. The first kappa shape index (κ1) is 9.43. The first-order valence-electron chi connectivity index (χ1n) is 4.53. The van der Waals surface area contributed by atoms with Crippen molar-refractivity contribution in [1.82, 2.24) is 15.5 Å². The maximum atomic E-state index is 4.20. The molecule has 0 saturated carbocycles. The summed E-state index contributed by atoms with van der Waals surface area (Å²) < 4.78 is 0. The van der Waals surface area contributed by atoms with Crippen LogP contribution in [0, 0.1) is 0 Å². The van der Waals surface area contributed by atoms with Gasteiger partial charge in [0.25, 0.3) is 0 Å². The third-order valence-electron chi connectivity index (χ3n) is 2.00. The molecule has 0 bridgehead atoms. The largest absolute Gasteiger partial charge is 0.306 e. The van der Waals surface area contributed by atoms with Crippen LogP contribution >= 0.6 is 23.1 Å². The van der Waals surface area contributed by atoms with E-state index in [4.69, 9.17) is 0 Å². The lowest BCUT2D eigenvalue weighted by atomic mass is 10.3. The third-order valence-corrected chi connectivity index (χ3v) is 4.25. The molecule has 0 aromatic carbocycles. The van der Waals surface area contributed by atoms with Gasteiger partial charge in [0.05, 0.1) is 6.04 Å². The zero-order valence-electron chi connectivity index (χ0n) is 7.62. The Labute approximate surface area is 86.3 Å². The molecule has 0 aliphatic carbocycles. The molecule has 1 aromatic rings. The molecule has 1 saturated heterocycles. The van der Waals surface area contributed by atoms with E-state index in [2.05, 4.69) is 22.4 Å². The van der Waals surface area contributed by atoms with Crippen molar-refractivity contribution in [1.29, 1.82) is 0 Å². The van der Waals surface area contributed by atoms with E-state index in [0.717, 1.165) is 28.7 Å². The average molecular weight is 215 g/mol. The Kier molecular flexibility index (Phi) is 3.18. The van der Waals surface area contributed by atoms with Gasteiger partial charge in [-0.05, 0) is 6.42 Å². The van der Waals surface area contributed by atoms with Crippen LogP contribution in [0.4, 0.5) is 0 Å². The number of hydrogen-bond donors (Lipinski definition) is 1. The standard InChI is InChI=1S/C8H13N3S2/c1-2-7-10-11-8(13-7)6-5-12-4-3-9-6/h6,9H,2-5H2,1H3. The second-order valence-electron chi connectivity index (χ2n) is 2.97. The molecule has 3 nitrogen and oxygen atoms in total. The Bertz CT molecular complexity index is 268. The second kappa shape index (κ2) is 4.39. The minimum absolute atomic E-state index is 0.441. The van der Waals surface area contributed by atoms with Crippen LogP contribution in [-0.4, -0.2) is 28.2 Å². The molecule has 72 valence electrons. The predicted octanol–water partition coefficient (Wildman–Crippen LogP) is 1.48. The molecular weight excluding hydrogens is 202 g/mol. The first-order chi connectivity index (χ1) is 6.40. The molecule has 1 N–H and O–H groups in total. The molecule has 1 unspecified atom stereocenters. The highest BCUT2D eigenvalue weighted by Crippen LogP contribution is 2.24. The van der Waals surface area contributed by atoms with Crippen molar-refractivity contribution in [2.75, 3.05) is 18.1 Å². The highest BCUT2D eigenvalue weighted by Gasteiger charge is 2.18. The summed E-state index contributed by atoms with van der Waals surface area (Å²) in [6.45, 7) is 3.21. The zero-order valence-corrected chi connectivity index (χ0v) is 9.25. The summed E-state index contributed by atoms with van der Waals surface area (Å²) in [4.78, 5) is 0. The summed E-state index contributed by atoms with van der Waals surface area (Å²) >= 11 is 3.73. The summed E-state index contributed by atoms with van der Waals surface area (Å²) in [5, 5.41) is 14.1. The van der Waals surface area contributed by atoms with Gasteiger partial charge in [-0.2, -0.15) is 11.8 Å². The van der Waals surface area contributed by atoms with Gasteiger partial charge < -0.3 is 5.32 Å². The number of rotatable bonds is 2. The van der Waals surface area contributed by atoms with Gasteiger partial charge in [0, 0.05) is 18.1 Å². The van der Waals surface area contributed by atoms with Crippen LogP contribution in [-0.2, 0) is 6.42 Å². The van der Waals surface area contributed by atoms with E-state index in [9.17, 15) is 0 Å². The molecule has 1 aliphatic rings. The van der Waals surface area contributed by atoms with Crippen LogP contribution in [0.5, 0.6) is 0 Å². The predicted molar refractivity (Wildman–Crippen MR) is 57.4 cm³/mol. The van der Waals surface area contributed by atoms with Gasteiger partial charge >= 0.3 is 0 Å². The van der Waals surface area contributed by atoms with Gasteiger partial charge in [-0.25, -0.2) is 0 Å². The Hall–Kier alpha value is -0.130. The molecule has 1 aliphatic heterocycles. The Morgan fingerprint density at radius 3 is 3.08 bits per heavy atom. The van der Waals surface area contributed by atoms with Crippen molar-refractivity contribution in [3.8, 4) is 0 Å². The monoisotopic (exact) mass is 215 g/mol. The fourth-order valence-corrected chi connectivity index (χ4v) is 3.18. The van der Waals surface area contributed by atoms with E-state index in [0.29, 0.717) is 6.04 Å². The van der Waals surface area contributed by atoms with E-state index in [1.807, 2.05) is 11.8 Å². The zero-order chi connectivity index (χ0) is 9.10. The molecular formula is C8H13N3S2. The molecule has 1 aromatic heterocycles. The quantitative estimate of drug-likeness (QED) is 0.811. The van der Waals surface area contributed by atoms with Gasteiger partial charge in [-0.1, -0.05) is 18.3 Å². The third kappa shape index (κ3) is 2.21. The maximum absolute atomic E-state index is 4.20. The Balaban J connectivity index is 2.05. The smallest absolute Gasteiger partial charge is 0.135 e. The minimum Gasteiger partial charge on any atom is -0.306 e. The Morgan fingerprint density at radius 1 is 1.54 bits per heavy atom. The first-order valence-corrected chi connectivity index (χ1v) is 6.50. The van der Waals surface area contributed by atoms with E-state index in [1.54, 1.807) is 11.3 Å². The van der Waals surface area contributed by atoms with Crippen LogP contribution in [0.2, 0.25) is 0 Å². The van der Waals surface area contributed by atoms with Crippen LogP contribution in [0.3, 0.4) is 0 Å². The topological polar surface area (TPSA) is 37.8 Å². The lowest BCUT2D eigenvalue weighted by Crippen LogP contribution is -2.30. The van der Waals surface area contributed by atoms with Gasteiger partial charge in [0.15, 0.2) is 0 Å². The van der Waals surface area contributed by atoms with Gasteiger partial charge in [-0.15, -0.1) is 10.2 Å². The number of hydrogen-bond acceptors (Lipinski definition) is 5. The number of nitrogens with zero attached hydrogens (tertiary/aromatic N) is 2. The molecule has 1 fully saturated rings. The molecule has 13 heavy (non-hydrogen) atoms. The van der Waals surface area contributed by atoms with Crippen molar-refractivity contribution in [2.45, 2.75) is 19.4 Å². The number of aromatic nitrogens is 2. The number of thioether (sulfide) groups is 1. The van der Waals surface area contributed by atoms with Crippen molar-refractivity contribution < 1.29 is 0 Å².